The molecule has 3 N–H and O–H groups in total. The number of carbonyl (C=O) groups excluding carboxylic acids is 1. The lowest BCUT2D eigenvalue weighted by atomic mass is 10.2. The highest BCUT2D eigenvalue weighted by Gasteiger charge is 2.28. The number of aliphatic hydroxyl groups is 1. The molecule has 2 rings (SSSR count). The van der Waals surface area contributed by atoms with Crippen molar-refractivity contribution in [2.24, 2.45) is 0 Å². The van der Waals surface area contributed by atoms with Gasteiger partial charge in [-0.1, -0.05) is 11.8 Å². The van der Waals surface area contributed by atoms with E-state index in [1.165, 1.54) is 0 Å². The molecule has 1 aliphatic heterocycles. The molecule has 0 bridgehead atoms. The fourth-order valence-corrected chi connectivity index (χ4v) is 2.52. The normalized spacial score (nSPS) is 18.9. The Morgan fingerprint density at radius 3 is 2.89 bits per heavy atom. The van der Waals surface area contributed by atoms with E-state index in [1.54, 1.807) is 4.57 Å². The van der Waals surface area contributed by atoms with Crippen LogP contribution in [0.25, 0.3) is 0 Å². The van der Waals surface area contributed by atoms with Crippen LogP contribution in [0, 0.1) is 0 Å². The summed E-state index contributed by atoms with van der Waals surface area (Å²) in [6.07, 6.45) is 0.283. The summed E-state index contributed by atoms with van der Waals surface area (Å²) in [6, 6.07) is -0.175. The van der Waals surface area contributed by atoms with Gasteiger partial charge >= 0.3 is 5.97 Å². The number of nitrogens with one attached hydrogen (secondary N) is 1. The number of aromatic nitrogens is 3. The van der Waals surface area contributed by atoms with Crippen LogP contribution in [0.4, 0.5) is 0 Å². The molecule has 2 heterocycles. The van der Waals surface area contributed by atoms with Gasteiger partial charge in [-0.25, -0.2) is 0 Å². The Bertz CT molecular complexity index is 475. The van der Waals surface area contributed by atoms with Gasteiger partial charge in [-0.05, 0) is 0 Å². The Morgan fingerprint density at radius 1 is 1.56 bits per heavy atom. The zero-order chi connectivity index (χ0) is 13.1. The topological polar surface area (TPSA) is 117 Å². The van der Waals surface area contributed by atoms with Crippen LogP contribution in [0.3, 0.4) is 0 Å². The van der Waals surface area contributed by atoms with Gasteiger partial charge in [-0.3, -0.25) is 14.2 Å². The average molecular weight is 272 g/mol. The molecule has 1 aromatic heterocycles. The lowest BCUT2D eigenvalue weighted by Gasteiger charge is -2.13. The number of carboxylic acid groups (broad SMARTS) is 1. The van der Waals surface area contributed by atoms with Crippen LogP contribution in [-0.4, -0.2) is 49.2 Å². The molecular formula is C9H12N4O4S. The molecule has 0 aliphatic carbocycles. The van der Waals surface area contributed by atoms with Gasteiger partial charge in [0.2, 0.25) is 5.91 Å². The molecule has 98 valence electrons. The number of amides is 1. The fraction of sp³-hybridized carbons (Fsp3) is 0.556. The molecule has 18 heavy (non-hydrogen) atoms. The van der Waals surface area contributed by atoms with E-state index >= 15 is 0 Å². The van der Waals surface area contributed by atoms with Gasteiger partial charge in [0.05, 0.1) is 11.8 Å². The summed E-state index contributed by atoms with van der Waals surface area (Å²) in [4.78, 5) is 21.7. The first-order valence-corrected chi connectivity index (χ1v) is 6.26. The molecular weight excluding hydrogens is 260 g/mol. The van der Waals surface area contributed by atoms with Gasteiger partial charge in [0.1, 0.15) is 6.61 Å². The van der Waals surface area contributed by atoms with Crippen molar-refractivity contribution in [3.8, 4) is 0 Å². The van der Waals surface area contributed by atoms with E-state index in [2.05, 4.69) is 15.5 Å². The third-order valence-electron chi connectivity index (χ3n) is 2.52. The lowest BCUT2D eigenvalue weighted by molar-refractivity contribution is -0.134. The minimum Gasteiger partial charge on any atom is -0.481 e. The van der Waals surface area contributed by atoms with Crippen LogP contribution < -0.4 is 5.32 Å². The maximum Gasteiger partial charge on any atom is 0.313 e. The summed E-state index contributed by atoms with van der Waals surface area (Å²) >= 11 is 1.02. The standard InChI is InChI=1S/C9H12N4O4S/c14-3-6-11-12-9(18-4-8(16)17)13(6)5-1-7(15)10-2-5/h5,14H,1-4H2,(H,10,15)(H,16,17). The number of rotatable bonds is 5. The van der Waals surface area contributed by atoms with E-state index in [-0.39, 0.29) is 30.7 Å². The zero-order valence-electron chi connectivity index (χ0n) is 9.37. The molecule has 0 spiro atoms. The SMILES string of the molecule is O=C(O)CSc1nnc(CO)n1C1CNC(=O)C1. The summed E-state index contributed by atoms with van der Waals surface area (Å²) < 4.78 is 1.63. The third kappa shape index (κ3) is 2.62. The number of hydrogen-bond donors (Lipinski definition) is 3. The molecule has 8 nitrogen and oxygen atoms in total. The van der Waals surface area contributed by atoms with Gasteiger partial charge in [-0.2, -0.15) is 0 Å². The van der Waals surface area contributed by atoms with Crippen molar-refractivity contribution < 1.29 is 19.8 Å². The molecule has 0 saturated carbocycles. The Balaban J connectivity index is 2.22. The fourth-order valence-electron chi connectivity index (χ4n) is 1.78. The monoisotopic (exact) mass is 272 g/mol. The maximum absolute atomic E-state index is 11.2. The van der Waals surface area contributed by atoms with Gasteiger partial charge in [0.15, 0.2) is 11.0 Å². The van der Waals surface area contributed by atoms with Crippen molar-refractivity contribution >= 4 is 23.6 Å². The summed E-state index contributed by atoms with van der Waals surface area (Å²) in [5.74, 6) is -0.839. The lowest BCUT2D eigenvalue weighted by Crippen LogP contribution is -2.17. The second-order valence-electron chi connectivity index (χ2n) is 3.77. The maximum atomic E-state index is 11.2. The smallest absolute Gasteiger partial charge is 0.313 e. The number of hydrogen-bond acceptors (Lipinski definition) is 6. The van der Waals surface area contributed by atoms with Crippen LogP contribution in [-0.2, 0) is 16.2 Å². The molecule has 1 aliphatic rings. The van der Waals surface area contributed by atoms with Crippen LogP contribution in [0.15, 0.2) is 5.16 Å². The van der Waals surface area contributed by atoms with Gasteiger partial charge < -0.3 is 15.5 Å². The van der Waals surface area contributed by atoms with Crippen molar-refractivity contribution in [2.75, 3.05) is 12.3 Å². The van der Waals surface area contributed by atoms with Crippen LogP contribution in [0.2, 0.25) is 0 Å². The summed E-state index contributed by atoms with van der Waals surface area (Å²) in [6.45, 7) is 0.135. The van der Waals surface area contributed by atoms with Crippen LogP contribution in [0.5, 0.6) is 0 Å². The highest BCUT2D eigenvalue weighted by atomic mass is 32.2. The molecule has 1 fully saturated rings. The van der Waals surface area contributed by atoms with Crippen molar-refractivity contribution in [2.45, 2.75) is 24.2 Å². The van der Waals surface area contributed by atoms with Crippen molar-refractivity contribution in [3.05, 3.63) is 5.82 Å². The van der Waals surface area contributed by atoms with Gasteiger partial charge in [-0.15, -0.1) is 10.2 Å². The van der Waals surface area contributed by atoms with Crippen molar-refractivity contribution in [1.82, 2.24) is 20.1 Å². The van der Waals surface area contributed by atoms with Crippen LogP contribution >= 0.6 is 11.8 Å². The summed E-state index contributed by atoms with van der Waals surface area (Å²) in [7, 11) is 0. The quantitative estimate of drug-likeness (QED) is 0.589. The largest absolute Gasteiger partial charge is 0.481 e. The molecule has 1 saturated heterocycles. The number of carboxylic acids is 1. The van der Waals surface area contributed by atoms with E-state index in [9.17, 15) is 14.7 Å². The summed E-state index contributed by atoms with van der Waals surface area (Å²) in [5.41, 5.74) is 0. The Labute approximate surface area is 106 Å². The predicted octanol–water partition coefficient (Wildman–Crippen LogP) is -0.992. The highest BCUT2D eigenvalue weighted by Crippen LogP contribution is 2.25. The summed E-state index contributed by atoms with van der Waals surface area (Å²) in [5, 5.41) is 28.5. The Kier molecular flexibility index (Phi) is 3.82. The molecule has 1 unspecified atom stereocenters. The molecule has 1 atom stereocenters. The minimum atomic E-state index is -0.958. The van der Waals surface area contributed by atoms with E-state index in [1.807, 2.05) is 0 Å². The predicted molar refractivity (Wildman–Crippen MR) is 61.0 cm³/mol. The Morgan fingerprint density at radius 2 is 2.33 bits per heavy atom. The molecule has 1 amide bonds. The number of aliphatic carboxylic acids is 1. The molecule has 1 aromatic rings. The van der Waals surface area contributed by atoms with E-state index < -0.39 is 5.97 Å². The molecule has 9 heteroatoms. The van der Waals surface area contributed by atoms with Gasteiger partial charge in [0, 0.05) is 13.0 Å². The number of carbonyl (C=O) groups is 2. The number of aliphatic hydroxyl groups excluding tert-OH is 1. The van der Waals surface area contributed by atoms with Crippen molar-refractivity contribution in [1.29, 1.82) is 0 Å². The van der Waals surface area contributed by atoms with Crippen molar-refractivity contribution in [3.63, 3.8) is 0 Å². The minimum absolute atomic E-state index is 0.0771. The Hall–Kier alpha value is -1.61. The zero-order valence-corrected chi connectivity index (χ0v) is 10.2. The second-order valence-corrected chi connectivity index (χ2v) is 4.71. The van der Waals surface area contributed by atoms with E-state index in [0.29, 0.717) is 17.5 Å². The highest BCUT2D eigenvalue weighted by molar-refractivity contribution is 7.99. The number of thioether (sulfide) groups is 1. The average Bonchev–Trinajstić information content (AvgIpc) is 2.91. The second kappa shape index (κ2) is 5.36. The van der Waals surface area contributed by atoms with Gasteiger partial charge in [0.25, 0.3) is 0 Å². The number of nitrogens with zero attached hydrogens (tertiary/aromatic N) is 3. The van der Waals surface area contributed by atoms with Crippen LogP contribution in [0.1, 0.15) is 18.3 Å². The molecule has 0 aromatic carbocycles. The first-order valence-electron chi connectivity index (χ1n) is 5.27. The first-order chi connectivity index (χ1) is 8.61. The van der Waals surface area contributed by atoms with E-state index in [4.69, 9.17) is 5.11 Å². The third-order valence-corrected chi connectivity index (χ3v) is 3.45. The molecule has 0 radical (unpaired) electrons. The van der Waals surface area contributed by atoms with E-state index in [0.717, 1.165) is 11.8 Å². The first kappa shape index (κ1) is 12.8.